The highest BCUT2D eigenvalue weighted by atomic mass is 79.9. The van der Waals surface area contributed by atoms with Crippen molar-refractivity contribution in [3.8, 4) is 17.6 Å². The molecule has 0 heterocycles. The number of anilines is 1. The Labute approximate surface area is 219 Å². The predicted molar refractivity (Wildman–Crippen MR) is 137 cm³/mol. The average Bonchev–Trinajstić information content (AvgIpc) is 2.83. The molecule has 3 rings (SSSR count). The van der Waals surface area contributed by atoms with Crippen molar-refractivity contribution in [1.29, 1.82) is 5.26 Å². The third-order valence-electron chi connectivity index (χ3n) is 4.66. The number of nitro benzene ring substituents is 1. The fourth-order valence-electron chi connectivity index (χ4n) is 3.00. The lowest BCUT2D eigenvalue weighted by atomic mass is 10.1. The van der Waals surface area contributed by atoms with Crippen LogP contribution >= 0.6 is 39.1 Å². The minimum atomic E-state index is -0.827. The molecule has 178 valence electrons. The quantitative estimate of drug-likeness (QED) is 0.136. The second-order valence-electron chi connectivity index (χ2n) is 6.96. The van der Waals surface area contributed by atoms with Gasteiger partial charge in [0.2, 0.25) is 0 Å². The Bertz CT molecular complexity index is 1370. The molecule has 0 unspecified atom stereocenters. The number of nitrogens with one attached hydrogen (secondary N) is 1. The molecule has 0 spiro atoms. The van der Waals surface area contributed by atoms with Crippen molar-refractivity contribution >= 4 is 62.5 Å². The summed E-state index contributed by atoms with van der Waals surface area (Å²) in [5.74, 6) is -0.0694. The summed E-state index contributed by atoms with van der Waals surface area (Å²) >= 11 is 15.4. The number of hydrogen-bond donors (Lipinski definition) is 1. The van der Waals surface area contributed by atoms with Crippen molar-refractivity contribution < 1.29 is 19.2 Å². The SMILES string of the molecule is COc1cc(C=C(C#N)C(=O)Nc2ccc(Cl)cc2[N+](=O)[O-])cc(Br)c1OCc1ccccc1Cl. The van der Waals surface area contributed by atoms with Gasteiger partial charge in [0.25, 0.3) is 11.6 Å². The van der Waals surface area contributed by atoms with Gasteiger partial charge in [0, 0.05) is 21.7 Å². The first kappa shape index (κ1) is 26.0. The zero-order valence-corrected chi connectivity index (χ0v) is 21.1. The second kappa shape index (κ2) is 11.7. The zero-order valence-electron chi connectivity index (χ0n) is 18.1. The van der Waals surface area contributed by atoms with Crippen LogP contribution in [-0.4, -0.2) is 17.9 Å². The van der Waals surface area contributed by atoms with Gasteiger partial charge in [0.1, 0.15) is 23.9 Å². The van der Waals surface area contributed by atoms with Crippen LogP contribution in [-0.2, 0) is 11.4 Å². The Morgan fingerprint density at radius 3 is 2.63 bits per heavy atom. The van der Waals surface area contributed by atoms with E-state index in [9.17, 15) is 20.2 Å². The summed E-state index contributed by atoms with van der Waals surface area (Å²) in [4.78, 5) is 23.3. The molecule has 0 atom stereocenters. The Morgan fingerprint density at radius 1 is 1.23 bits per heavy atom. The number of nitro groups is 1. The molecule has 1 N–H and O–H groups in total. The van der Waals surface area contributed by atoms with Gasteiger partial charge in [-0.25, -0.2) is 0 Å². The number of nitrogens with zero attached hydrogens (tertiary/aromatic N) is 2. The minimum Gasteiger partial charge on any atom is -0.493 e. The lowest BCUT2D eigenvalue weighted by Crippen LogP contribution is -2.14. The smallest absolute Gasteiger partial charge is 0.294 e. The van der Waals surface area contributed by atoms with Crippen LogP contribution in [0.3, 0.4) is 0 Å². The molecule has 0 aliphatic heterocycles. The molecule has 0 fully saturated rings. The van der Waals surface area contributed by atoms with Crippen LogP contribution < -0.4 is 14.8 Å². The van der Waals surface area contributed by atoms with Crippen LogP contribution in [0.5, 0.6) is 11.5 Å². The summed E-state index contributed by atoms with van der Waals surface area (Å²) in [6.45, 7) is 0.190. The number of amides is 1. The van der Waals surface area contributed by atoms with Crippen molar-refractivity contribution in [2.24, 2.45) is 0 Å². The monoisotopic (exact) mass is 575 g/mol. The summed E-state index contributed by atoms with van der Waals surface area (Å²) in [6, 6.07) is 16.1. The van der Waals surface area contributed by atoms with E-state index in [1.165, 1.54) is 25.3 Å². The molecular weight excluding hydrogens is 561 g/mol. The van der Waals surface area contributed by atoms with Crippen LogP contribution in [0.1, 0.15) is 11.1 Å². The minimum absolute atomic E-state index is 0.0902. The molecule has 0 aliphatic rings. The number of methoxy groups -OCH3 is 1. The van der Waals surface area contributed by atoms with Crippen molar-refractivity contribution in [2.45, 2.75) is 6.61 Å². The topological polar surface area (TPSA) is 114 Å². The van der Waals surface area contributed by atoms with Crippen LogP contribution in [0.2, 0.25) is 10.0 Å². The zero-order chi connectivity index (χ0) is 25.5. The Balaban J connectivity index is 1.86. The molecule has 0 saturated heterocycles. The van der Waals surface area contributed by atoms with Gasteiger partial charge in [-0.3, -0.25) is 14.9 Å². The molecule has 3 aromatic rings. The molecule has 0 saturated carbocycles. The van der Waals surface area contributed by atoms with E-state index in [0.29, 0.717) is 26.6 Å². The van der Waals surface area contributed by atoms with Gasteiger partial charge in [-0.1, -0.05) is 41.4 Å². The van der Waals surface area contributed by atoms with Crippen LogP contribution in [0.15, 0.2) is 64.6 Å². The Kier molecular flexibility index (Phi) is 8.71. The molecular formula is C24H16BrCl2N3O5. The number of hydrogen-bond acceptors (Lipinski definition) is 6. The molecule has 0 aromatic heterocycles. The van der Waals surface area contributed by atoms with Crippen LogP contribution in [0, 0.1) is 21.4 Å². The molecule has 0 aliphatic carbocycles. The number of halogens is 3. The molecule has 1 amide bonds. The maximum absolute atomic E-state index is 12.7. The first-order chi connectivity index (χ1) is 16.7. The normalized spacial score (nSPS) is 10.9. The van der Waals surface area contributed by atoms with Crippen LogP contribution in [0.25, 0.3) is 6.08 Å². The van der Waals surface area contributed by atoms with Crippen LogP contribution in [0.4, 0.5) is 11.4 Å². The van der Waals surface area contributed by atoms with Gasteiger partial charge in [-0.15, -0.1) is 0 Å². The maximum Gasteiger partial charge on any atom is 0.294 e. The Hall–Kier alpha value is -3.58. The standard InChI is InChI=1S/C24H16BrCl2N3O5/c1-34-22-10-14(9-18(25)23(22)35-13-15-4-2-3-5-19(15)27)8-16(12-28)24(31)29-20-7-6-17(26)11-21(20)30(32)33/h2-11H,13H2,1H3,(H,29,31). The van der Waals surface area contributed by atoms with Gasteiger partial charge >= 0.3 is 0 Å². The fourth-order valence-corrected chi connectivity index (χ4v) is 3.93. The molecule has 35 heavy (non-hydrogen) atoms. The van der Waals surface area contributed by atoms with Gasteiger partial charge in [-0.05, 0) is 57.9 Å². The van der Waals surface area contributed by atoms with E-state index in [1.807, 2.05) is 18.2 Å². The third kappa shape index (κ3) is 6.51. The molecule has 0 bridgehead atoms. The van der Waals surface area contributed by atoms with Gasteiger partial charge in [-0.2, -0.15) is 5.26 Å². The highest BCUT2D eigenvalue weighted by molar-refractivity contribution is 9.10. The molecule has 11 heteroatoms. The number of carbonyl (C=O) groups excluding carboxylic acids is 1. The lowest BCUT2D eigenvalue weighted by molar-refractivity contribution is -0.383. The van der Waals surface area contributed by atoms with Gasteiger partial charge < -0.3 is 14.8 Å². The van der Waals surface area contributed by atoms with Crippen molar-refractivity contribution in [3.05, 3.63) is 95.9 Å². The highest BCUT2D eigenvalue weighted by Gasteiger charge is 2.19. The van der Waals surface area contributed by atoms with E-state index < -0.39 is 16.5 Å². The van der Waals surface area contributed by atoms with Crippen molar-refractivity contribution in [2.75, 3.05) is 12.4 Å². The summed E-state index contributed by atoms with van der Waals surface area (Å²) in [5, 5.41) is 23.9. The van der Waals surface area contributed by atoms with E-state index in [-0.39, 0.29) is 22.9 Å². The maximum atomic E-state index is 12.7. The number of carbonyl (C=O) groups is 1. The van der Waals surface area contributed by atoms with E-state index in [1.54, 1.807) is 24.3 Å². The van der Waals surface area contributed by atoms with Gasteiger partial charge in [0.15, 0.2) is 11.5 Å². The van der Waals surface area contributed by atoms with E-state index in [0.717, 1.165) is 11.6 Å². The first-order valence-corrected chi connectivity index (χ1v) is 11.4. The van der Waals surface area contributed by atoms with Crippen molar-refractivity contribution in [1.82, 2.24) is 0 Å². The highest BCUT2D eigenvalue weighted by Crippen LogP contribution is 2.38. The second-order valence-corrected chi connectivity index (χ2v) is 8.65. The number of ether oxygens (including phenoxy) is 2. The first-order valence-electron chi connectivity index (χ1n) is 9.84. The Morgan fingerprint density at radius 2 is 1.97 bits per heavy atom. The molecule has 3 aromatic carbocycles. The lowest BCUT2D eigenvalue weighted by Gasteiger charge is -2.14. The molecule has 8 nitrogen and oxygen atoms in total. The van der Waals surface area contributed by atoms with E-state index in [4.69, 9.17) is 32.7 Å². The van der Waals surface area contributed by atoms with E-state index in [2.05, 4.69) is 21.2 Å². The largest absolute Gasteiger partial charge is 0.493 e. The van der Waals surface area contributed by atoms with Crippen molar-refractivity contribution in [3.63, 3.8) is 0 Å². The number of rotatable bonds is 8. The summed E-state index contributed by atoms with van der Waals surface area (Å²) in [7, 11) is 1.45. The summed E-state index contributed by atoms with van der Waals surface area (Å²) < 4.78 is 11.8. The van der Waals surface area contributed by atoms with Gasteiger partial charge in [0.05, 0.1) is 16.5 Å². The predicted octanol–water partition coefficient (Wildman–Crippen LogP) is 6.80. The number of nitriles is 1. The summed E-state index contributed by atoms with van der Waals surface area (Å²) in [6.07, 6.45) is 1.32. The average molecular weight is 577 g/mol. The van der Waals surface area contributed by atoms with E-state index >= 15 is 0 Å². The fraction of sp³-hybridized carbons (Fsp3) is 0.0833. The molecule has 0 radical (unpaired) electrons. The summed E-state index contributed by atoms with van der Waals surface area (Å²) in [5.41, 5.74) is 0.469. The number of benzene rings is 3. The third-order valence-corrected chi connectivity index (χ3v) is 5.86.